The molecule has 1 unspecified atom stereocenters. The van der Waals surface area contributed by atoms with Crippen molar-refractivity contribution in [3.05, 3.63) is 0 Å². The van der Waals surface area contributed by atoms with Crippen LogP contribution < -0.4 is 0 Å². The smallest absolute Gasteiger partial charge is 0.249 e. The van der Waals surface area contributed by atoms with Gasteiger partial charge in [-0.2, -0.15) is 0 Å². The van der Waals surface area contributed by atoms with Gasteiger partial charge in [-0.3, -0.25) is 9.59 Å². The van der Waals surface area contributed by atoms with Crippen molar-refractivity contribution in [1.29, 1.82) is 0 Å². The number of rotatable bonds is 1. The maximum atomic E-state index is 11.9. The van der Waals surface area contributed by atoms with Crippen molar-refractivity contribution in [3.63, 3.8) is 0 Å². The summed E-state index contributed by atoms with van der Waals surface area (Å²) in [5.74, 6) is -1.54. The molecular weight excluding hydrogens is 338 g/mol. The summed E-state index contributed by atoms with van der Waals surface area (Å²) in [6.45, 7) is 0. The van der Waals surface area contributed by atoms with E-state index in [4.69, 9.17) is 34.8 Å². The molecule has 0 aromatic rings. The largest absolute Gasteiger partial charge is 0.298 e. The highest BCUT2D eigenvalue weighted by atomic mass is 79.9. The van der Waals surface area contributed by atoms with Crippen molar-refractivity contribution in [3.8, 4) is 0 Å². The average Bonchev–Trinajstić information content (AvgIpc) is 2.17. The molecule has 0 bridgehead atoms. The lowest BCUT2D eigenvalue weighted by Crippen LogP contribution is -2.37. The van der Waals surface area contributed by atoms with Gasteiger partial charge in [-0.15, -0.1) is 0 Å². The van der Waals surface area contributed by atoms with Crippen LogP contribution in [0.5, 0.6) is 0 Å². The van der Waals surface area contributed by atoms with E-state index in [2.05, 4.69) is 15.9 Å². The third-order valence-corrected chi connectivity index (χ3v) is 4.17. The zero-order valence-electron chi connectivity index (χ0n) is 8.52. The molecule has 0 spiro atoms. The lowest BCUT2D eigenvalue weighted by atomic mass is 9.87. The van der Waals surface area contributed by atoms with Crippen LogP contribution >= 0.6 is 50.7 Å². The molecule has 1 rings (SSSR count). The van der Waals surface area contributed by atoms with Crippen molar-refractivity contribution >= 4 is 62.3 Å². The molecule has 0 aliphatic heterocycles. The van der Waals surface area contributed by atoms with E-state index in [9.17, 15) is 9.59 Å². The molecule has 0 radical (unpaired) electrons. The predicted octanol–water partition coefficient (Wildman–Crippen LogP) is 3.84. The van der Waals surface area contributed by atoms with Gasteiger partial charge in [0.15, 0.2) is 11.6 Å². The lowest BCUT2D eigenvalue weighted by Gasteiger charge is -2.23. The van der Waals surface area contributed by atoms with Crippen LogP contribution in [0.3, 0.4) is 0 Å². The fraction of sp³-hybridized carbons (Fsp3) is 0.800. The highest BCUT2D eigenvalue weighted by molar-refractivity contribution is 9.10. The van der Waals surface area contributed by atoms with Crippen LogP contribution in [0.2, 0.25) is 0 Å². The Kier molecular flexibility index (Phi) is 5.56. The summed E-state index contributed by atoms with van der Waals surface area (Å²) < 4.78 is -1.99. The standard InChI is InChI=1S/C10H12BrCl3O2/c11-7-5-3-1-2-4-6(8(7)15)9(16)10(12,13)14/h6-7H,1-5H2/t6-,7?/m0/s1. The van der Waals surface area contributed by atoms with E-state index in [0.717, 1.165) is 25.7 Å². The van der Waals surface area contributed by atoms with Crippen molar-refractivity contribution in [1.82, 2.24) is 0 Å². The monoisotopic (exact) mass is 348 g/mol. The topological polar surface area (TPSA) is 34.1 Å². The van der Waals surface area contributed by atoms with E-state index in [1.165, 1.54) is 0 Å². The molecule has 1 aliphatic rings. The summed E-state index contributed by atoms with van der Waals surface area (Å²) in [5.41, 5.74) is 0. The van der Waals surface area contributed by atoms with Crippen LogP contribution in [0.15, 0.2) is 0 Å². The van der Waals surface area contributed by atoms with Gasteiger partial charge in [0.05, 0.1) is 10.7 Å². The summed E-state index contributed by atoms with van der Waals surface area (Å²) in [6, 6.07) is 0. The summed E-state index contributed by atoms with van der Waals surface area (Å²) in [5, 5.41) is 0. The molecule has 2 nitrogen and oxygen atoms in total. The van der Waals surface area contributed by atoms with E-state index >= 15 is 0 Å². The predicted molar refractivity (Wildman–Crippen MR) is 69.6 cm³/mol. The van der Waals surface area contributed by atoms with Crippen LogP contribution in [0.1, 0.15) is 32.1 Å². The molecule has 1 aliphatic carbocycles. The second kappa shape index (κ2) is 6.03. The van der Waals surface area contributed by atoms with Gasteiger partial charge in [-0.1, -0.05) is 70.0 Å². The Morgan fingerprint density at radius 1 is 1.19 bits per heavy atom. The highest BCUT2D eigenvalue weighted by Crippen LogP contribution is 2.34. The van der Waals surface area contributed by atoms with E-state index in [-0.39, 0.29) is 10.6 Å². The molecule has 0 heterocycles. The normalized spacial score (nSPS) is 28.4. The Balaban J connectivity index is 2.82. The number of Topliss-reactive ketones (excluding diaryl/α,β-unsaturated/α-hetero) is 2. The van der Waals surface area contributed by atoms with E-state index in [0.29, 0.717) is 6.42 Å². The minimum absolute atomic E-state index is 0.156. The van der Waals surface area contributed by atoms with Crippen molar-refractivity contribution in [2.75, 3.05) is 0 Å². The molecule has 16 heavy (non-hydrogen) atoms. The first-order chi connectivity index (χ1) is 7.34. The van der Waals surface area contributed by atoms with E-state index < -0.39 is 15.5 Å². The number of halogens is 4. The molecule has 0 aromatic heterocycles. The molecule has 1 fully saturated rings. The van der Waals surface area contributed by atoms with Crippen LogP contribution in [0.4, 0.5) is 0 Å². The number of hydrogen-bond acceptors (Lipinski definition) is 2. The molecule has 6 heteroatoms. The summed E-state index contributed by atoms with van der Waals surface area (Å²) in [4.78, 5) is 23.4. The number of carbonyl (C=O) groups excluding carboxylic acids is 2. The SMILES string of the molecule is O=C1C(Br)CCCCC[C@@H]1C(=O)C(Cl)(Cl)Cl. The third kappa shape index (κ3) is 3.86. The average molecular weight is 350 g/mol. The lowest BCUT2D eigenvalue weighted by molar-refractivity contribution is -0.132. The first-order valence-electron chi connectivity index (χ1n) is 5.13. The van der Waals surface area contributed by atoms with Gasteiger partial charge in [-0.25, -0.2) is 0 Å². The Morgan fingerprint density at radius 2 is 1.75 bits per heavy atom. The van der Waals surface area contributed by atoms with Gasteiger partial charge in [0.1, 0.15) is 0 Å². The third-order valence-electron chi connectivity index (χ3n) is 2.70. The summed E-state index contributed by atoms with van der Waals surface area (Å²) in [6.07, 6.45) is 4.02. The maximum absolute atomic E-state index is 11.9. The minimum atomic E-state index is -1.99. The molecular formula is C10H12BrCl3O2. The summed E-state index contributed by atoms with van der Waals surface area (Å²) in [7, 11) is 0. The molecule has 1 saturated carbocycles. The summed E-state index contributed by atoms with van der Waals surface area (Å²) >= 11 is 19.9. The zero-order chi connectivity index (χ0) is 12.3. The van der Waals surface area contributed by atoms with Gasteiger partial charge in [0.2, 0.25) is 3.79 Å². The van der Waals surface area contributed by atoms with Gasteiger partial charge < -0.3 is 0 Å². The van der Waals surface area contributed by atoms with Gasteiger partial charge in [0, 0.05) is 0 Å². The van der Waals surface area contributed by atoms with Crippen LogP contribution in [-0.4, -0.2) is 20.2 Å². The van der Waals surface area contributed by atoms with E-state index in [1.54, 1.807) is 0 Å². The number of carbonyl (C=O) groups is 2. The maximum Gasteiger partial charge on any atom is 0.249 e. The van der Waals surface area contributed by atoms with Crippen LogP contribution in [0, 0.1) is 5.92 Å². The minimum Gasteiger partial charge on any atom is -0.298 e. The Labute approximate surface area is 118 Å². The van der Waals surface area contributed by atoms with Crippen LogP contribution in [-0.2, 0) is 9.59 Å². The number of ketones is 2. The van der Waals surface area contributed by atoms with Crippen molar-refractivity contribution < 1.29 is 9.59 Å². The second-order valence-corrected chi connectivity index (χ2v) is 7.31. The first kappa shape index (κ1) is 14.7. The zero-order valence-corrected chi connectivity index (χ0v) is 12.4. The fourth-order valence-corrected chi connectivity index (χ4v) is 2.85. The fourth-order valence-electron chi connectivity index (χ4n) is 1.81. The molecule has 0 amide bonds. The van der Waals surface area contributed by atoms with Gasteiger partial charge in [0.25, 0.3) is 0 Å². The first-order valence-corrected chi connectivity index (χ1v) is 7.18. The second-order valence-electron chi connectivity index (χ2n) is 3.92. The Hall–Kier alpha value is 0.690. The number of alkyl halides is 4. The highest BCUT2D eigenvalue weighted by Gasteiger charge is 2.41. The van der Waals surface area contributed by atoms with Crippen LogP contribution in [0.25, 0.3) is 0 Å². The van der Waals surface area contributed by atoms with Crippen molar-refractivity contribution in [2.45, 2.75) is 40.7 Å². The molecule has 0 N–H and O–H groups in total. The molecule has 0 saturated heterocycles. The van der Waals surface area contributed by atoms with E-state index in [1.807, 2.05) is 0 Å². The molecule has 92 valence electrons. The molecule has 2 atom stereocenters. The number of hydrogen-bond donors (Lipinski definition) is 0. The molecule has 0 aromatic carbocycles. The van der Waals surface area contributed by atoms with Gasteiger partial charge in [-0.05, 0) is 12.8 Å². The van der Waals surface area contributed by atoms with Gasteiger partial charge >= 0.3 is 0 Å². The quantitative estimate of drug-likeness (QED) is 0.532. The van der Waals surface area contributed by atoms with Crippen molar-refractivity contribution in [2.24, 2.45) is 5.92 Å². The Bertz CT molecular complexity index is 288. The Morgan fingerprint density at radius 3 is 2.31 bits per heavy atom.